The van der Waals surface area contributed by atoms with Crippen molar-refractivity contribution in [3.63, 3.8) is 0 Å². The lowest BCUT2D eigenvalue weighted by molar-refractivity contribution is 0.0983. The van der Waals surface area contributed by atoms with E-state index >= 15 is 0 Å². The molecule has 0 aliphatic carbocycles. The molecule has 1 aromatic heterocycles. The molecule has 1 aromatic carbocycles. The van der Waals surface area contributed by atoms with Crippen molar-refractivity contribution < 1.29 is 9.18 Å². The zero-order valence-electron chi connectivity index (χ0n) is 11.9. The largest absolute Gasteiger partial charge is 0.307 e. The Labute approximate surface area is 117 Å². The third kappa shape index (κ3) is 2.87. The van der Waals surface area contributed by atoms with Gasteiger partial charge in [0.05, 0.1) is 0 Å². The van der Waals surface area contributed by atoms with Gasteiger partial charge in [0.2, 0.25) is 0 Å². The van der Waals surface area contributed by atoms with E-state index in [0.29, 0.717) is 17.9 Å². The van der Waals surface area contributed by atoms with Gasteiger partial charge in [-0.3, -0.25) is 9.89 Å². The van der Waals surface area contributed by atoms with Gasteiger partial charge in [0, 0.05) is 17.9 Å². The Morgan fingerprint density at radius 3 is 2.50 bits per heavy atom. The first kappa shape index (κ1) is 14.2. The Bertz CT molecular complexity index is 589. The SMILES string of the molecule is CCN(C(=O)c1cc(C(C)C)[nH]n1)c1ccc(F)cc1. The summed E-state index contributed by atoms with van der Waals surface area (Å²) in [5, 5.41) is 6.93. The molecule has 1 N–H and O–H groups in total. The van der Waals surface area contributed by atoms with Gasteiger partial charge < -0.3 is 4.90 Å². The Balaban J connectivity index is 2.26. The van der Waals surface area contributed by atoms with Crippen LogP contribution in [0.15, 0.2) is 30.3 Å². The predicted octanol–water partition coefficient (Wildman–Crippen LogP) is 3.34. The fourth-order valence-electron chi connectivity index (χ4n) is 1.94. The number of anilines is 1. The summed E-state index contributed by atoms with van der Waals surface area (Å²) in [6, 6.07) is 7.63. The first-order valence-corrected chi connectivity index (χ1v) is 6.65. The number of carbonyl (C=O) groups excluding carboxylic acids is 1. The lowest BCUT2D eigenvalue weighted by Gasteiger charge is -2.19. The number of rotatable bonds is 4. The maximum Gasteiger partial charge on any atom is 0.278 e. The van der Waals surface area contributed by atoms with E-state index in [1.807, 2.05) is 20.8 Å². The summed E-state index contributed by atoms with van der Waals surface area (Å²) in [7, 11) is 0. The van der Waals surface area contributed by atoms with Crippen LogP contribution in [0.5, 0.6) is 0 Å². The molecule has 4 nitrogen and oxygen atoms in total. The summed E-state index contributed by atoms with van der Waals surface area (Å²) < 4.78 is 12.9. The second kappa shape index (κ2) is 5.86. The average Bonchev–Trinajstić information content (AvgIpc) is 2.91. The number of hydrogen-bond donors (Lipinski definition) is 1. The molecule has 106 valence electrons. The van der Waals surface area contributed by atoms with Crippen molar-refractivity contribution in [1.82, 2.24) is 10.2 Å². The quantitative estimate of drug-likeness (QED) is 0.930. The topological polar surface area (TPSA) is 49.0 Å². The number of halogens is 1. The molecule has 0 atom stereocenters. The smallest absolute Gasteiger partial charge is 0.278 e. The van der Waals surface area contributed by atoms with Crippen LogP contribution in [0.2, 0.25) is 0 Å². The molecule has 0 radical (unpaired) electrons. The highest BCUT2D eigenvalue weighted by molar-refractivity contribution is 6.04. The molecule has 0 saturated heterocycles. The van der Waals surface area contributed by atoms with Gasteiger partial charge in [-0.25, -0.2) is 4.39 Å². The number of amides is 1. The summed E-state index contributed by atoms with van der Waals surface area (Å²) in [4.78, 5) is 14.0. The van der Waals surface area contributed by atoms with Crippen LogP contribution in [-0.4, -0.2) is 22.6 Å². The van der Waals surface area contributed by atoms with E-state index in [-0.39, 0.29) is 17.6 Å². The highest BCUT2D eigenvalue weighted by Crippen LogP contribution is 2.19. The first-order valence-electron chi connectivity index (χ1n) is 6.65. The number of aromatic amines is 1. The Hall–Kier alpha value is -2.17. The highest BCUT2D eigenvalue weighted by atomic mass is 19.1. The van der Waals surface area contributed by atoms with E-state index in [0.717, 1.165) is 5.69 Å². The molecule has 0 spiro atoms. The summed E-state index contributed by atoms with van der Waals surface area (Å²) in [5.41, 5.74) is 1.95. The number of aromatic nitrogens is 2. The van der Waals surface area contributed by atoms with E-state index in [4.69, 9.17) is 0 Å². The van der Waals surface area contributed by atoms with E-state index in [9.17, 15) is 9.18 Å². The van der Waals surface area contributed by atoms with E-state index in [1.54, 1.807) is 23.1 Å². The standard InChI is InChI=1S/C15H18FN3O/c1-4-19(12-7-5-11(16)6-8-12)15(20)14-9-13(10(2)3)17-18-14/h5-10H,4H2,1-3H3,(H,17,18). The van der Waals surface area contributed by atoms with Gasteiger partial charge in [-0.05, 0) is 43.2 Å². The van der Waals surface area contributed by atoms with E-state index in [2.05, 4.69) is 10.2 Å². The van der Waals surface area contributed by atoms with Crippen molar-refractivity contribution in [3.8, 4) is 0 Å². The molecule has 0 fully saturated rings. The van der Waals surface area contributed by atoms with Gasteiger partial charge in [0.15, 0.2) is 5.69 Å². The number of hydrogen-bond acceptors (Lipinski definition) is 2. The van der Waals surface area contributed by atoms with Crippen LogP contribution in [0.3, 0.4) is 0 Å². The monoisotopic (exact) mass is 275 g/mol. The summed E-state index contributed by atoms with van der Waals surface area (Å²) in [6.07, 6.45) is 0. The minimum atomic E-state index is -0.320. The van der Waals surface area contributed by atoms with Gasteiger partial charge in [0.25, 0.3) is 5.91 Å². The molecular weight excluding hydrogens is 257 g/mol. The molecule has 1 heterocycles. The van der Waals surface area contributed by atoms with Crippen LogP contribution in [0, 0.1) is 5.82 Å². The van der Waals surface area contributed by atoms with Gasteiger partial charge in [0.1, 0.15) is 5.82 Å². The number of nitrogens with zero attached hydrogens (tertiary/aromatic N) is 2. The molecule has 20 heavy (non-hydrogen) atoms. The molecule has 0 bridgehead atoms. The first-order chi connectivity index (χ1) is 9.52. The fraction of sp³-hybridized carbons (Fsp3) is 0.333. The molecule has 5 heteroatoms. The third-order valence-electron chi connectivity index (χ3n) is 3.14. The van der Waals surface area contributed by atoms with Crippen molar-refractivity contribution in [2.24, 2.45) is 0 Å². The van der Waals surface area contributed by atoms with Gasteiger partial charge >= 0.3 is 0 Å². The molecular formula is C15H18FN3O. The maximum atomic E-state index is 12.9. The molecule has 2 aromatic rings. The molecule has 0 saturated carbocycles. The van der Waals surface area contributed by atoms with Crippen molar-refractivity contribution >= 4 is 11.6 Å². The molecule has 0 aliphatic rings. The second-order valence-corrected chi connectivity index (χ2v) is 4.89. The van der Waals surface area contributed by atoms with Crippen molar-refractivity contribution in [3.05, 3.63) is 47.5 Å². The van der Waals surface area contributed by atoms with Crippen LogP contribution < -0.4 is 4.90 Å². The highest BCUT2D eigenvalue weighted by Gasteiger charge is 2.19. The predicted molar refractivity (Wildman–Crippen MR) is 76.4 cm³/mol. The third-order valence-corrected chi connectivity index (χ3v) is 3.14. The average molecular weight is 275 g/mol. The maximum absolute atomic E-state index is 12.9. The van der Waals surface area contributed by atoms with Gasteiger partial charge in [-0.1, -0.05) is 13.8 Å². The zero-order chi connectivity index (χ0) is 14.7. The Morgan fingerprint density at radius 2 is 2.00 bits per heavy atom. The minimum absolute atomic E-state index is 0.192. The van der Waals surface area contributed by atoms with Crippen LogP contribution in [0.4, 0.5) is 10.1 Å². The van der Waals surface area contributed by atoms with E-state index < -0.39 is 0 Å². The van der Waals surface area contributed by atoms with Crippen molar-refractivity contribution in [2.45, 2.75) is 26.7 Å². The lowest BCUT2D eigenvalue weighted by Crippen LogP contribution is -2.30. The van der Waals surface area contributed by atoms with Crippen LogP contribution >= 0.6 is 0 Å². The summed E-state index contributed by atoms with van der Waals surface area (Å²) >= 11 is 0. The van der Waals surface area contributed by atoms with Crippen LogP contribution in [0.25, 0.3) is 0 Å². The molecule has 2 rings (SSSR count). The van der Waals surface area contributed by atoms with Crippen LogP contribution in [-0.2, 0) is 0 Å². The molecule has 0 unspecified atom stereocenters. The number of H-pyrrole nitrogens is 1. The number of nitrogens with one attached hydrogen (secondary N) is 1. The van der Waals surface area contributed by atoms with Crippen molar-refractivity contribution in [1.29, 1.82) is 0 Å². The number of carbonyl (C=O) groups is 1. The van der Waals surface area contributed by atoms with E-state index in [1.165, 1.54) is 12.1 Å². The zero-order valence-corrected chi connectivity index (χ0v) is 11.9. The van der Waals surface area contributed by atoms with Gasteiger partial charge in [-0.15, -0.1) is 0 Å². The second-order valence-electron chi connectivity index (χ2n) is 4.89. The van der Waals surface area contributed by atoms with Gasteiger partial charge in [-0.2, -0.15) is 5.10 Å². The lowest BCUT2D eigenvalue weighted by atomic mass is 10.1. The van der Waals surface area contributed by atoms with Crippen molar-refractivity contribution in [2.75, 3.05) is 11.4 Å². The Morgan fingerprint density at radius 1 is 1.35 bits per heavy atom. The summed E-state index contributed by atoms with van der Waals surface area (Å²) in [5.74, 6) is -0.230. The number of benzene rings is 1. The minimum Gasteiger partial charge on any atom is -0.307 e. The van der Waals surface area contributed by atoms with Crippen LogP contribution in [0.1, 0.15) is 42.9 Å². The molecule has 1 amide bonds. The molecule has 0 aliphatic heterocycles. The Kier molecular flexibility index (Phi) is 4.17. The summed E-state index contributed by atoms with van der Waals surface area (Å²) in [6.45, 7) is 6.42. The normalized spacial score (nSPS) is 10.8. The fourth-order valence-corrected chi connectivity index (χ4v) is 1.94.